The summed E-state index contributed by atoms with van der Waals surface area (Å²) in [6.07, 6.45) is 1.01. The van der Waals surface area contributed by atoms with Crippen LogP contribution in [-0.2, 0) is 0 Å². The van der Waals surface area contributed by atoms with E-state index in [9.17, 15) is 8.78 Å². The number of benzene rings is 1. The standard InChI is InChI=1S/C14H17F2NO/c1-4-7-17-9(3)13-8(2)10-5-6-11(15)12(16)14(10)18-13/h5-6,9,17H,4,7H2,1-3H3. The van der Waals surface area contributed by atoms with Gasteiger partial charge in [0.1, 0.15) is 5.76 Å². The average molecular weight is 253 g/mol. The van der Waals surface area contributed by atoms with Crippen molar-refractivity contribution in [2.45, 2.75) is 33.2 Å². The second-order valence-electron chi connectivity index (χ2n) is 4.51. The van der Waals surface area contributed by atoms with E-state index in [4.69, 9.17) is 4.42 Å². The monoisotopic (exact) mass is 253 g/mol. The lowest BCUT2D eigenvalue weighted by atomic mass is 10.1. The highest BCUT2D eigenvalue weighted by molar-refractivity contribution is 5.82. The Kier molecular flexibility index (Phi) is 3.66. The molecule has 0 aliphatic carbocycles. The Morgan fingerprint density at radius 2 is 2.06 bits per heavy atom. The Morgan fingerprint density at radius 3 is 2.72 bits per heavy atom. The van der Waals surface area contributed by atoms with Crippen LogP contribution in [0.4, 0.5) is 8.78 Å². The van der Waals surface area contributed by atoms with E-state index in [0.717, 1.165) is 24.6 Å². The molecule has 0 bridgehead atoms. The summed E-state index contributed by atoms with van der Waals surface area (Å²) in [5.41, 5.74) is 0.868. The first-order valence-electron chi connectivity index (χ1n) is 6.16. The van der Waals surface area contributed by atoms with Gasteiger partial charge in [-0.2, -0.15) is 4.39 Å². The minimum absolute atomic E-state index is 0.00708. The molecule has 0 spiro atoms. The van der Waals surface area contributed by atoms with Crippen molar-refractivity contribution < 1.29 is 13.2 Å². The van der Waals surface area contributed by atoms with Crippen molar-refractivity contribution in [3.63, 3.8) is 0 Å². The van der Waals surface area contributed by atoms with Crippen LogP contribution >= 0.6 is 0 Å². The molecule has 18 heavy (non-hydrogen) atoms. The molecule has 2 aromatic rings. The van der Waals surface area contributed by atoms with Crippen molar-refractivity contribution in [3.8, 4) is 0 Å². The van der Waals surface area contributed by atoms with Gasteiger partial charge in [0.05, 0.1) is 6.04 Å². The Morgan fingerprint density at radius 1 is 1.33 bits per heavy atom. The maximum Gasteiger partial charge on any atom is 0.201 e. The Bertz CT molecular complexity index is 562. The van der Waals surface area contributed by atoms with E-state index in [1.54, 1.807) is 6.07 Å². The molecule has 1 heterocycles. The van der Waals surface area contributed by atoms with Crippen molar-refractivity contribution >= 4 is 11.0 Å². The van der Waals surface area contributed by atoms with E-state index in [2.05, 4.69) is 12.2 Å². The van der Waals surface area contributed by atoms with Gasteiger partial charge in [0, 0.05) is 10.9 Å². The number of nitrogens with one attached hydrogen (secondary N) is 1. The van der Waals surface area contributed by atoms with Crippen LogP contribution in [0.2, 0.25) is 0 Å². The summed E-state index contributed by atoms with van der Waals surface area (Å²) >= 11 is 0. The smallest absolute Gasteiger partial charge is 0.201 e. The van der Waals surface area contributed by atoms with Gasteiger partial charge in [-0.3, -0.25) is 0 Å². The summed E-state index contributed by atoms with van der Waals surface area (Å²) in [4.78, 5) is 0. The van der Waals surface area contributed by atoms with Gasteiger partial charge >= 0.3 is 0 Å². The molecule has 0 radical (unpaired) electrons. The minimum atomic E-state index is -0.912. The fourth-order valence-corrected chi connectivity index (χ4v) is 2.11. The van der Waals surface area contributed by atoms with Crippen LogP contribution in [0, 0.1) is 18.6 Å². The third kappa shape index (κ3) is 2.12. The van der Waals surface area contributed by atoms with Crippen molar-refractivity contribution in [3.05, 3.63) is 35.1 Å². The van der Waals surface area contributed by atoms with Gasteiger partial charge in [0.25, 0.3) is 0 Å². The molecule has 1 unspecified atom stereocenters. The molecule has 1 atom stereocenters. The third-order valence-corrected chi connectivity index (χ3v) is 3.13. The van der Waals surface area contributed by atoms with Gasteiger partial charge in [-0.15, -0.1) is 0 Å². The van der Waals surface area contributed by atoms with E-state index in [-0.39, 0.29) is 11.6 Å². The molecule has 1 aromatic heterocycles. The van der Waals surface area contributed by atoms with Crippen LogP contribution in [0.25, 0.3) is 11.0 Å². The highest BCUT2D eigenvalue weighted by Gasteiger charge is 2.19. The van der Waals surface area contributed by atoms with Gasteiger partial charge < -0.3 is 9.73 Å². The number of furan rings is 1. The van der Waals surface area contributed by atoms with E-state index in [1.807, 2.05) is 13.8 Å². The predicted octanol–water partition coefficient (Wildman–Crippen LogP) is 4.08. The summed E-state index contributed by atoms with van der Waals surface area (Å²) in [7, 11) is 0. The Balaban J connectivity index is 2.47. The van der Waals surface area contributed by atoms with Crippen molar-refractivity contribution in [2.75, 3.05) is 6.54 Å². The quantitative estimate of drug-likeness (QED) is 0.888. The fraction of sp³-hybridized carbons (Fsp3) is 0.429. The lowest BCUT2D eigenvalue weighted by Crippen LogP contribution is -2.19. The molecule has 98 valence electrons. The molecule has 2 nitrogen and oxygen atoms in total. The lowest BCUT2D eigenvalue weighted by molar-refractivity contribution is 0.432. The largest absolute Gasteiger partial charge is 0.456 e. The molecule has 0 aliphatic rings. The van der Waals surface area contributed by atoms with Gasteiger partial charge in [0.15, 0.2) is 11.4 Å². The number of aryl methyl sites for hydroxylation is 1. The highest BCUT2D eigenvalue weighted by atomic mass is 19.2. The van der Waals surface area contributed by atoms with E-state index >= 15 is 0 Å². The maximum absolute atomic E-state index is 13.6. The van der Waals surface area contributed by atoms with E-state index in [0.29, 0.717) is 11.1 Å². The Labute approximate surface area is 105 Å². The molecule has 1 N–H and O–H groups in total. The van der Waals surface area contributed by atoms with Crippen LogP contribution in [0.3, 0.4) is 0 Å². The molecule has 0 amide bonds. The molecule has 0 fully saturated rings. The first-order valence-corrected chi connectivity index (χ1v) is 6.16. The first-order chi connectivity index (χ1) is 8.56. The van der Waals surface area contributed by atoms with E-state index in [1.165, 1.54) is 0 Å². The predicted molar refractivity (Wildman–Crippen MR) is 67.6 cm³/mol. The minimum Gasteiger partial charge on any atom is -0.456 e. The lowest BCUT2D eigenvalue weighted by Gasteiger charge is -2.11. The first kappa shape index (κ1) is 13.0. The zero-order valence-electron chi connectivity index (χ0n) is 10.8. The molecular weight excluding hydrogens is 236 g/mol. The average Bonchev–Trinajstić information content (AvgIpc) is 2.69. The normalized spacial score (nSPS) is 13.2. The summed E-state index contributed by atoms with van der Waals surface area (Å²) in [5.74, 6) is -1.12. The number of halogens is 2. The fourth-order valence-electron chi connectivity index (χ4n) is 2.11. The topological polar surface area (TPSA) is 25.2 Å². The van der Waals surface area contributed by atoms with Crippen LogP contribution < -0.4 is 5.32 Å². The van der Waals surface area contributed by atoms with Crippen LogP contribution in [0.15, 0.2) is 16.5 Å². The second kappa shape index (κ2) is 5.06. The maximum atomic E-state index is 13.6. The number of fused-ring (bicyclic) bond motifs is 1. The third-order valence-electron chi connectivity index (χ3n) is 3.13. The summed E-state index contributed by atoms with van der Waals surface area (Å²) in [6.45, 7) is 6.74. The molecule has 0 saturated carbocycles. The van der Waals surface area contributed by atoms with Gasteiger partial charge in [0.2, 0.25) is 5.82 Å². The van der Waals surface area contributed by atoms with Crippen LogP contribution in [-0.4, -0.2) is 6.54 Å². The molecule has 4 heteroatoms. The molecule has 0 saturated heterocycles. The zero-order valence-corrected chi connectivity index (χ0v) is 10.8. The number of rotatable bonds is 4. The SMILES string of the molecule is CCCNC(C)c1oc2c(F)c(F)ccc2c1C. The van der Waals surface area contributed by atoms with Gasteiger partial charge in [-0.1, -0.05) is 6.92 Å². The van der Waals surface area contributed by atoms with Crippen molar-refractivity contribution in [1.82, 2.24) is 5.32 Å². The van der Waals surface area contributed by atoms with Gasteiger partial charge in [-0.05, 0) is 38.9 Å². The molecular formula is C14H17F2NO. The second-order valence-corrected chi connectivity index (χ2v) is 4.51. The summed E-state index contributed by atoms with van der Waals surface area (Å²) in [6, 6.07) is 2.68. The van der Waals surface area contributed by atoms with E-state index < -0.39 is 11.6 Å². The number of hydrogen-bond donors (Lipinski definition) is 1. The highest BCUT2D eigenvalue weighted by Crippen LogP contribution is 2.31. The molecule has 1 aromatic carbocycles. The van der Waals surface area contributed by atoms with Crippen LogP contribution in [0.1, 0.15) is 37.6 Å². The number of hydrogen-bond acceptors (Lipinski definition) is 2. The molecule has 2 rings (SSSR count). The zero-order chi connectivity index (χ0) is 13.3. The van der Waals surface area contributed by atoms with Crippen LogP contribution in [0.5, 0.6) is 0 Å². The van der Waals surface area contributed by atoms with Crippen molar-refractivity contribution in [1.29, 1.82) is 0 Å². The molecule has 0 aliphatic heterocycles. The van der Waals surface area contributed by atoms with Gasteiger partial charge in [-0.25, -0.2) is 4.39 Å². The summed E-state index contributed by atoms with van der Waals surface area (Å²) in [5, 5.41) is 3.91. The summed E-state index contributed by atoms with van der Waals surface area (Å²) < 4.78 is 32.3. The van der Waals surface area contributed by atoms with Crippen molar-refractivity contribution in [2.24, 2.45) is 0 Å². The Hall–Kier alpha value is -1.42.